The standard InChI is InChI=1S/C24H40N10O10S/c1-28-16(35)5-3-7-34-18(37)9-15(22(34)42)45-11-13(26)21(41)32-33-24(27)29-6-2-4-12(25)20(40)30-10-17(36)31-14(23(43)44)8-19(38)39/h12-15H,2-11,25-26H2,1H3,(H,28,35)(H,30,40)(H,31,36)(H,32,41)(H,38,39)(H,43,44)(H3,27,29,33)/t12-,13?,14-,15?/m0/s1. The number of hydrogen-bond acceptors (Lipinski definition) is 12. The van der Waals surface area contributed by atoms with Gasteiger partial charge in [0.2, 0.25) is 35.5 Å². The smallest absolute Gasteiger partial charge is 0.326 e. The van der Waals surface area contributed by atoms with Crippen LogP contribution in [0, 0.1) is 0 Å². The van der Waals surface area contributed by atoms with Crippen LogP contribution in [0.15, 0.2) is 4.99 Å². The van der Waals surface area contributed by atoms with E-state index in [1.165, 1.54) is 7.05 Å². The van der Waals surface area contributed by atoms with E-state index >= 15 is 0 Å². The quantitative estimate of drug-likeness (QED) is 0.0204. The molecule has 20 nitrogen and oxygen atoms in total. The number of nitrogens with two attached hydrogens (primary N) is 3. The Labute approximate surface area is 262 Å². The van der Waals surface area contributed by atoms with Crippen LogP contribution in [-0.2, 0) is 38.4 Å². The molecule has 0 aliphatic carbocycles. The highest BCUT2D eigenvalue weighted by Gasteiger charge is 2.39. The highest BCUT2D eigenvalue weighted by Crippen LogP contribution is 2.25. The Morgan fingerprint density at radius 1 is 1.02 bits per heavy atom. The number of amides is 6. The Hall–Kier alpha value is -4.50. The summed E-state index contributed by atoms with van der Waals surface area (Å²) in [5.74, 6) is -6.32. The summed E-state index contributed by atoms with van der Waals surface area (Å²) in [5.41, 5.74) is 22.0. The zero-order chi connectivity index (χ0) is 34.1. The molecule has 0 aromatic carbocycles. The van der Waals surface area contributed by atoms with Gasteiger partial charge < -0.3 is 43.4 Å². The van der Waals surface area contributed by atoms with Crippen molar-refractivity contribution in [2.45, 2.75) is 61.9 Å². The van der Waals surface area contributed by atoms with E-state index in [4.69, 9.17) is 27.4 Å². The number of thioether (sulfide) groups is 1. The maximum absolute atomic E-state index is 12.5. The zero-order valence-corrected chi connectivity index (χ0v) is 25.4. The molecule has 13 N–H and O–H groups in total. The van der Waals surface area contributed by atoms with Crippen molar-refractivity contribution in [1.29, 1.82) is 0 Å². The van der Waals surface area contributed by atoms with E-state index in [-0.39, 0.29) is 62.3 Å². The molecule has 1 saturated heterocycles. The van der Waals surface area contributed by atoms with Gasteiger partial charge in [0.15, 0.2) is 0 Å². The number of aliphatic carboxylic acids is 2. The lowest BCUT2D eigenvalue weighted by atomic mass is 10.1. The number of likely N-dealkylation sites (tertiary alicyclic amines) is 1. The SMILES string of the molecule is CNC(=O)CCCN1C(=O)CC(SCC(N)C(=O)NNC(N)=NCCC[C@H](N)C(=O)NCC(=O)N[C@@H](CC(=O)O)C(=O)O)C1=O. The van der Waals surface area contributed by atoms with E-state index in [9.17, 15) is 38.4 Å². The second-order valence-electron chi connectivity index (χ2n) is 9.70. The summed E-state index contributed by atoms with van der Waals surface area (Å²) < 4.78 is 0. The van der Waals surface area contributed by atoms with Crippen molar-refractivity contribution in [2.24, 2.45) is 22.2 Å². The number of hydrogen-bond donors (Lipinski definition) is 10. The van der Waals surface area contributed by atoms with Crippen molar-refractivity contribution >= 4 is 65.1 Å². The molecular weight excluding hydrogens is 620 g/mol. The van der Waals surface area contributed by atoms with Crippen LogP contribution in [0.1, 0.15) is 38.5 Å². The fourth-order valence-corrected chi connectivity index (χ4v) is 4.78. The molecule has 1 aliphatic heterocycles. The molecule has 45 heavy (non-hydrogen) atoms. The molecule has 1 aliphatic rings. The van der Waals surface area contributed by atoms with Gasteiger partial charge in [0.25, 0.3) is 5.91 Å². The highest BCUT2D eigenvalue weighted by molar-refractivity contribution is 8.00. The van der Waals surface area contributed by atoms with Crippen LogP contribution in [-0.4, -0.2) is 124 Å². The Morgan fingerprint density at radius 3 is 2.33 bits per heavy atom. The van der Waals surface area contributed by atoms with E-state index in [1.807, 2.05) is 5.32 Å². The third-order valence-electron chi connectivity index (χ3n) is 6.12. The van der Waals surface area contributed by atoms with Crippen molar-refractivity contribution in [3.63, 3.8) is 0 Å². The maximum atomic E-state index is 12.5. The van der Waals surface area contributed by atoms with Crippen LogP contribution in [0.3, 0.4) is 0 Å². The van der Waals surface area contributed by atoms with Gasteiger partial charge in [0.1, 0.15) is 6.04 Å². The predicted molar refractivity (Wildman–Crippen MR) is 159 cm³/mol. The second-order valence-corrected chi connectivity index (χ2v) is 10.9. The number of guanidine groups is 1. The lowest BCUT2D eigenvalue weighted by molar-refractivity contribution is -0.147. The summed E-state index contributed by atoms with van der Waals surface area (Å²) in [6.07, 6.45) is 0.0632. The second kappa shape index (κ2) is 19.7. The first-order valence-electron chi connectivity index (χ1n) is 13.7. The minimum absolute atomic E-state index is 0.0296. The molecule has 1 heterocycles. The van der Waals surface area contributed by atoms with Gasteiger partial charge in [-0.3, -0.25) is 54.3 Å². The summed E-state index contributed by atoms with van der Waals surface area (Å²) in [7, 11) is 1.49. The van der Waals surface area contributed by atoms with Crippen molar-refractivity contribution in [1.82, 2.24) is 31.7 Å². The fraction of sp³-hybridized carbons (Fsp3) is 0.625. The first-order chi connectivity index (χ1) is 21.2. The van der Waals surface area contributed by atoms with Gasteiger partial charge in [-0.15, -0.1) is 11.8 Å². The predicted octanol–water partition coefficient (Wildman–Crippen LogP) is -5.10. The molecule has 0 aromatic heterocycles. The van der Waals surface area contributed by atoms with Gasteiger partial charge in [-0.25, -0.2) is 4.79 Å². The van der Waals surface area contributed by atoms with Crippen molar-refractivity contribution in [3.8, 4) is 0 Å². The molecule has 252 valence electrons. The van der Waals surface area contributed by atoms with Crippen molar-refractivity contribution in [3.05, 3.63) is 0 Å². The third kappa shape index (κ3) is 14.7. The zero-order valence-electron chi connectivity index (χ0n) is 24.6. The molecule has 1 fully saturated rings. The molecule has 1 rings (SSSR count). The molecule has 0 saturated carbocycles. The molecule has 21 heteroatoms. The van der Waals surface area contributed by atoms with Crippen LogP contribution < -0.4 is 44.0 Å². The van der Waals surface area contributed by atoms with Crippen LogP contribution in [0.4, 0.5) is 0 Å². The maximum Gasteiger partial charge on any atom is 0.326 e. The number of nitrogens with one attached hydrogen (secondary N) is 5. The Bertz CT molecular complexity index is 1150. The molecule has 4 atom stereocenters. The van der Waals surface area contributed by atoms with Gasteiger partial charge in [0, 0.05) is 38.7 Å². The van der Waals surface area contributed by atoms with Crippen LogP contribution >= 0.6 is 11.8 Å². The Morgan fingerprint density at radius 2 is 1.71 bits per heavy atom. The molecule has 2 unspecified atom stereocenters. The summed E-state index contributed by atoms with van der Waals surface area (Å²) >= 11 is 1.07. The molecule has 0 bridgehead atoms. The average molecular weight is 661 g/mol. The molecular formula is C24H40N10O10S. The molecule has 6 amide bonds. The number of carboxylic acid groups (broad SMARTS) is 2. The van der Waals surface area contributed by atoms with E-state index in [1.54, 1.807) is 0 Å². The monoisotopic (exact) mass is 660 g/mol. The normalized spacial score (nSPS) is 16.7. The van der Waals surface area contributed by atoms with Crippen molar-refractivity contribution < 1.29 is 48.6 Å². The number of aliphatic imine (C=N–C) groups is 1. The number of hydrazine groups is 1. The molecule has 0 radical (unpaired) electrons. The van der Waals surface area contributed by atoms with E-state index < -0.39 is 71.9 Å². The Balaban J connectivity index is 2.31. The number of carbonyl (C=O) groups is 8. The van der Waals surface area contributed by atoms with Crippen LogP contribution in [0.2, 0.25) is 0 Å². The lowest BCUT2D eigenvalue weighted by Gasteiger charge is -2.16. The summed E-state index contributed by atoms with van der Waals surface area (Å²) in [6.45, 7) is -0.382. The lowest BCUT2D eigenvalue weighted by Crippen LogP contribution is -2.52. The first-order valence-corrected chi connectivity index (χ1v) is 14.8. The van der Waals surface area contributed by atoms with Crippen LogP contribution in [0.5, 0.6) is 0 Å². The fourth-order valence-electron chi connectivity index (χ4n) is 3.65. The topological polar surface area (TPSA) is 331 Å². The van der Waals surface area contributed by atoms with Gasteiger partial charge in [-0.2, -0.15) is 0 Å². The van der Waals surface area contributed by atoms with Gasteiger partial charge in [0.05, 0.1) is 30.3 Å². The minimum Gasteiger partial charge on any atom is -0.481 e. The van der Waals surface area contributed by atoms with Gasteiger partial charge >= 0.3 is 11.9 Å². The first kappa shape index (κ1) is 38.5. The molecule has 0 spiro atoms. The third-order valence-corrected chi connectivity index (χ3v) is 7.44. The van der Waals surface area contributed by atoms with Crippen LogP contribution in [0.25, 0.3) is 0 Å². The number of nitrogens with zero attached hydrogens (tertiary/aromatic N) is 2. The Kier molecular flexibility index (Phi) is 16.9. The average Bonchev–Trinajstić information content (AvgIpc) is 3.25. The minimum atomic E-state index is -1.66. The number of carbonyl (C=O) groups excluding carboxylic acids is 6. The molecule has 0 aromatic rings. The highest BCUT2D eigenvalue weighted by atomic mass is 32.2. The van der Waals surface area contributed by atoms with E-state index in [0.717, 1.165) is 16.7 Å². The van der Waals surface area contributed by atoms with E-state index in [2.05, 4.69) is 26.5 Å². The summed E-state index contributed by atoms with van der Waals surface area (Å²) in [6, 6.07) is -3.74. The number of imide groups is 1. The van der Waals surface area contributed by atoms with Gasteiger partial charge in [-0.05, 0) is 19.3 Å². The summed E-state index contributed by atoms with van der Waals surface area (Å²) in [4.78, 5) is 98.9. The van der Waals surface area contributed by atoms with Crippen molar-refractivity contribution in [2.75, 3.05) is 32.4 Å². The number of carboxylic acids is 2. The number of rotatable bonds is 19. The van der Waals surface area contributed by atoms with Gasteiger partial charge in [-0.1, -0.05) is 0 Å². The summed E-state index contributed by atoms with van der Waals surface area (Å²) in [5, 5.41) is 23.6. The van der Waals surface area contributed by atoms with E-state index in [0.29, 0.717) is 6.42 Å². The largest absolute Gasteiger partial charge is 0.481 e.